The normalized spacial score (nSPS) is 23.7. The Bertz CT molecular complexity index is 1170. The van der Waals surface area contributed by atoms with Crippen LogP contribution in [0.2, 0.25) is 5.02 Å². The third-order valence-electron chi connectivity index (χ3n) is 8.03. The molecule has 3 aliphatic rings. The smallest absolute Gasteiger partial charge is 0.410 e. The summed E-state index contributed by atoms with van der Waals surface area (Å²) in [6, 6.07) is 2.26. The van der Waals surface area contributed by atoms with Gasteiger partial charge in [0.05, 0.1) is 5.02 Å². The van der Waals surface area contributed by atoms with Crippen molar-refractivity contribution in [3.05, 3.63) is 34.3 Å². The number of carboxylic acid groups (broad SMARTS) is 1. The van der Waals surface area contributed by atoms with Crippen molar-refractivity contribution in [2.24, 2.45) is 11.3 Å². The van der Waals surface area contributed by atoms with Gasteiger partial charge in [-0.2, -0.15) is 13.2 Å². The second kappa shape index (κ2) is 10.3. The molecule has 1 N–H and O–H groups in total. The maximum atomic E-state index is 15.7. The summed E-state index contributed by atoms with van der Waals surface area (Å²) in [5.74, 6) is -8.59. The van der Waals surface area contributed by atoms with Gasteiger partial charge >= 0.3 is 18.2 Å². The minimum atomic E-state index is -4.89. The number of nitrogens with zero attached hydrogens (tertiary/aromatic N) is 2. The number of alkyl halides is 5. The monoisotopic (exact) mass is 594 g/mol. The van der Waals surface area contributed by atoms with E-state index in [0.29, 0.717) is 36.4 Å². The van der Waals surface area contributed by atoms with E-state index in [1.807, 2.05) is 0 Å². The molecule has 3 fully saturated rings. The topological polar surface area (TPSA) is 87.2 Å². The minimum Gasteiger partial charge on any atom is -0.480 e. The van der Waals surface area contributed by atoms with E-state index in [4.69, 9.17) is 16.3 Å². The number of halogens is 6. The quantitative estimate of drug-likeness (QED) is 0.411. The van der Waals surface area contributed by atoms with Gasteiger partial charge in [-0.15, -0.1) is 0 Å². The van der Waals surface area contributed by atoms with Crippen LogP contribution in [0.5, 0.6) is 0 Å². The number of rotatable bonds is 5. The summed E-state index contributed by atoms with van der Waals surface area (Å²) in [4.78, 5) is 38.9. The lowest BCUT2D eigenvalue weighted by atomic mass is 9.87. The van der Waals surface area contributed by atoms with Crippen molar-refractivity contribution in [3.8, 4) is 0 Å². The van der Waals surface area contributed by atoms with E-state index in [9.17, 15) is 32.7 Å². The summed E-state index contributed by atoms with van der Waals surface area (Å²) >= 11 is 6.29. The van der Waals surface area contributed by atoms with Crippen LogP contribution in [-0.4, -0.2) is 70.3 Å². The molecule has 1 aromatic carbocycles. The zero-order valence-electron chi connectivity index (χ0n) is 22.4. The van der Waals surface area contributed by atoms with Gasteiger partial charge in [-0.25, -0.2) is 18.4 Å². The Morgan fingerprint density at radius 2 is 1.65 bits per heavy atom. The van der Waals surface area contributed by atoms with Crippen molar-refractivity contribution in [1.29, 1.82) is 0 Å². The lowest BCUT2D eigenvalue weighted by Crippen LogP contribution is -2.48. The van der Waals surface area contributed by atoms with Gasteiger partial charge in [-0.3, -0.25) is 4.79 Å². The predicted molar refractivity (Wildman–Crippen MR) is 134 cm³/mol. The van der Waals surface area contributed by atoms with E-state index in [-0.39, 0.29) is 10.9 Å². The van der Waals surface area contributed by atoms with Crippen molar-refractivity contribution < 1.29 is 46.2 Å². The second-order valence-corrected chi connectivity index (χ2v) is 12.3. The number of aliphatic carboxylic acids is 1. The summed E-state index contributed by atoms with van der Waals surface area (Å²) in [6.07, 6.45) is -5.89. The lowest BCUT2D eigenvalue weighted by molar-refractivity contribution is -0.200. The predicted octanol–water partition coefficient (Wildman–Crippen LogP) is 6.19. The average molecular weight is 595 g/mol. The molecule has 7 nitrogen and oxygen atoms in total. The van der Waals surface area contributed by atoms with Crippen LogP contribution in [0, 0.1) is 11.3 Å². The fourth-order valence-electron chi connectivity index (χ4n) is 5.57. The van der Waals surface area contributed by atoms with Crippen LogP contribution in [0.25, 0.3) is 0 Å². The number of hydrogen-bond acceptors (Lipinski definition) is 4. The van der Waals surface area contributed by atoms with Crippen molar-refractivity contribution in [1.82, 2.24) is 9.80 Å². The van der Waals surface area contributed by atoms with E-state index in [1.165, 1.54) is 12.1 Å². The zero-order chi connectivity index (χ0) is 29.8. The molecule has 1 aromatic rings. The van der Waals surface area contributed by atoms with Gasteiger partial charge < -0.3 is 19.6 Å². The Balaban J connectivity index is 1.47. The van der Waals surface area contributed by atoms with E-state index in [0.717, 1.165) is 6.07 Å². The van der Waals surface area contributed by atoms with Crippen LogP contribution in [0.15, 0.2) is 18.2 Å². The largest absolute Gasteiger partial charge is 0.480 e. The van der Waals surface area contributed by atoms with Crippen LogP contribution in [-0.2, 0) is 20.2 Å². The molecule has 1 aliphatic carbocycles. The molecule has 222 valence electrons. The van der Waals surface area contributed by atoms with Crippen molar-refractivity contribution in [2.75, 3.05) is 19.6 Å². The molecule has 0 bridgehead atoms. The van der Waals surface area contributed by atoms with E-state index >= 15 is 8.78 Å². The molecule has 13 heteroatoms. The van der Waals surface area contributed by atoms with Crippen LogP contribution in [0.4, 0.5) is 26.7 Å². The van der Waals surface area contributed by atoms with Gasteiger partial charge in [0.1, 0.15) is 17.1 Å². The number of carbonyl (C=O) groups excluding carboxylic acids is 2. The average Bonchev–Trinajstić information content (AvgIpc) is 3.54. The number of amides is 2. The van der Waals surface area contributed by atoms with Crippen molar-refractivity contribution >= 4 is 29.6 Å². The summed E-state index contributed by atoms with van der Waals surface area (Å²) in [5.41, 5.74) is -3.22. The fraction of sp³-hybridized carbons (Fsp3) is 0.667. The molecule has 2 amide bonds. The third kappa shape index (κ3) is 5.73. The SMILES string of the molecule is CC(C)(C)OC(=O)N1CCC(c2ccc(C(F)(F)C3C[C@@H](C(=O)O)N(C(=O)C4(C(F)(F)F)CC4)C3)c(Cl)c2)CC1. The molecule has 1 unspecified atom stereocenters. The summed E-state index contributed by atoms with van der Waals surface area (Å²) in [5, 5.41) is 9.28. The molecule has 40 heavy (non-hydrogen) atoms. The number of likely N-dealkylation sites (tertiary alicyclic amines) is 2. The molecule has 0 radical (unpaired) electrons. The first-order chi connectivity index (χ1) is 18.4. The molecule has 2 atom stereocenters. The second-order valence-electron chi connectivity index (χ2n) is 11.9. The number of benzene rings is 1. The third-order valence-corrected chi connectivity index (χ3v) is 8.34. The Morgan fingerprint density at radius 1 is 1.05 bits per heavy atom. The molecule has 0 aromatic heterocycles. The van der Waals surface area contributed by atoms with Crippen LogP contribution < -0.4 is 0 Å². The Kier molecular flexibility index (Phi) is 7.83. The minimum absolute atomic E-state index is 0.0491. The van der Waals surface area contributed by atoms with Crippen LogP contribution in [0.1, 0.15) is 69.9 Å². The van der Waals surface area contributed by atoms with Crippen LogP contribution >= 0.6 is 11.6 Å². The first-order valence-electron chi connectivity index (χ1n) is 13.1. The van der Waals surface area contributed by atoms with Gasteiger partial charge in [-0.05, 0) is 70.4 Å². The van der Waals surface area contributed by atoms with Gasteiger partial charge in [0.2, 0.25) is 5.91 Å². The molecular formula is C27H32ClF5N2O5. The fourth-order valence-corrected chi connectivity index (χ4v) is 5.89. The van der Waals surface area contributed by atoms with Gasteiger partial charge in [0.25, 0.3) is 5.92 Å². The molecule has 0 spiro atoms. The number of carbonyl (C=O) groups is 3. The highest BCUT2D eigenvalue weighted by molar-refractivity contribution is 6.31. The Morgan fingerprint density at radius 3 is 2.12 bits per heavy atom. The molecule has 1 saturated carbocycles. The van der Waals surface area contributed by atoms with Crippen molar-refractivity contribution in [3.63, 3.8) is 0 Å². The highest BCUT2D eigenvalue weighted by atomic mass is 35.5. The lowest BCUT2D eigenvalue weighted by Gasteiger charge is -2.34. The molecule has 2 aliphatic heterocycles. The Labute approximate surface area is 233 Å². The molecule has 2 heterocycles. The zero-order valence-corrected chi connectivity index (χ0v) is 23.1. The maximum absolute atomic E-state index is 15.7. The number of ether oxygens (including phenoxy) is 1. The van der Waals surface area contributed by atoms with E-state index in [1.54, 1.807) is 25.7 Å². The first-order valence-corrected chi connectivity index (χ1v) is 13.5. The van der Waals surface area contributed by atoms with Crippen molar-refractivity contribution in [2.45, 2.75) is 82.5 Å². The number of hydrogen-bond donors (Lipinski definition) is 1. The number of carboxylic acids is 1. The molecule has 2 saturated heterocycles. The van der Waals surface area contributed by atoms with Gasteiger partial charge in [-0.1, -0.05) is 23.7 Å². The first kappa shape index (κ1) is 30.3. The maximum Gasteiger partial charge on any atom is 0.410 e. The highest BCUT2D eigenvalue weighted by Gasteiger charge is 2.71. The highest BCUT2D eigenvalue weighted by Crippen LogP contribution is 2.59. The Hall–Kier alpha value is -2.63. The summed E-state index contributed by atoms with van der Waals surface area (Å²) in [6.45, 7) is 5.31. The standard InChI is InChI=1S/C27H32ClF5N2O5/c1-24(2,3)40-23(39)34-10-6-15(7-11-34)16-4-5-18(19(28)12-16)26(29,30)17-13-20(21(36)37)35(14-17)22(38)25(8-9-25)27(31,32)33/h4-5,12,15,17,20H,6-11,13-14H2,1-3H3,(H,36,37)/t17?,20-/m0/s1. The molecular weight excluding hydrogens is 563 g/mol. The van der Waals surface area contributed by atoms with Gasteiger partial charge in [0, 0.05) is 31.1 Å². The summed E-state index contributed by atoms with van der Waals surface area (Å²) < 4.78 is 77.3. The van der Waals surface area contributed by atoms with E-state index in [2.05, 4.69) is 0 Å². The van der Waals surface area contributed by atoms with Crippen LogP contribution in [0.3, 0.4) is 0 Å². The van der Waals surface area contributed by atoms with Gasteiger partial charge in [0.15, 0.2) is 0 Å². The van der Waals surface area contributed by atoms with E-state index < -0.39 is 84.4 Å². The number of piperidine rings is 1. The summed E-state index contributed by atoms with van der Waals surface area (Å²) in [7, 11) is 0. The molecule has 4 rings (SSSR count).